The number of carbonyl (C=O) groups is 2. The zero-order valence-corrected chi connectivity index (χ0v) is 34.7. The minimum Gasteiger partial charge on any atom is -0.545 e. The van der Waals surface area contributed by atoms with E-state index in [-0.39, 0.29) is 124 Å². The van der Waals surface area contributed by atoms with Gasteiger partial charge in [0.15, 0.2) is 0 Å². The number of hydrogen-bond acceptors (Lipinski definition) is 14. The number of morpholine rings is 1. The normalized spacial score (nSPS) is 14.0. The molecule has 17 nitrogen and oxygen atoms in total. The van der Waals surface area contributed by atoms with Gasteiger partial charge in [0.05, 0.1) is 53.5 Å². The molecule has 3 N–H and O–H groups in total. The minimum atomic E-state index is -4.60. The van der Waals surface area contributed by atoms with Gasteiger partial charge in [-0.05, 0) is 42.5 Å². The number of hydrogen-bond donors (Lipinski definition) is 3. The van der Waals surface area contributed by atoms with Crippen LogP contribution in [0.15, 0.2) is 80.7 Å². The molecule has 4 aromatic rings. The van der Waals surface area contributed by atoms with Crippen LogP contribution in [-0.4, -0.2) is 79.2 Å². The van der Waals surface area contributed by atoms with Crippen molar-refractivity contribution in [3.05, 3.63) is 76.8 Å². The van der Waals surface area contributed by atoms with Crippen LogP contribution in [0.25, 0.3) is 10.8 Å². The SMILES string of the molecule is CS(=O)(=O)Nc1cccc2c(O)c(S(=O)(=O)N3CCOCC3)cc(N=Nc3ccc(Cl)c(S(=O)(=O)Nc4ccc(C(=O)[O-])c(C(=O)[O-])c4)c3)c12.[Na+].[Na+]. The second-order valence-electron chi connectivity index (χ2n) is 10.6. The van der Waals surface area contributed by atoms with Crippen molar-refractivity contribution >= 4 is 87.1 Å². The minimum absolute atomic E-state index is 0. The molecule has 0 radical (unpaired) electrons. The van der Waals surface area contributed by atoms with E-state index in [1.807, 2.05) is 0 Å². The number of benzene rings is 4. The Morgan fingerprint density at radius 2 is 1.50 bits per heavy atom. The Morgan fingerprint density at radius 3 is 2.12 bits per heavy atom. The van der Waals surface area contributed by atoms with E-state index in [9.17, 15) is 50.2 Å². The van der Waals surface area contributed by atoms with E-state index >= 15 is 0 Å². The van der Waals surface area contributed by atoms with Gasteiger partial charge in [0, 0.05) is 40.7 Å². The fraction of sp³-hybridized carbons (Fsp3) is 0.172. The van der Waals surface area contributed by atoms with Gasteiger partial charge in [-0.15, -0.1) is 5.11 Å². The Labute approximate surface area is 346 Å². The van der Waals surface area contributed by atoms with Crippen LogP contribution in [0.4, 0.5) is 22.7 Å². The van der Waals surface area contributed by atoms with Crippen molar-refractivity contribution in [2.75, 3.05) is 42.0 Å². The Kier molecular flexibility index (Phi) is 14.3. The third-order valence-electron chi connectivity index (χ3n) is 7.15. The first-order valence-corrected chi connectivity index (χ1v) is 19.2. The summed E-state index contributed by atoms with van der Waals surface area (Å²) in [5.41, 5.74) is -2.39. The number of nitrogens with zero attached hydrogens (tertiary/aromatic N) is 3. The topological polar surface area (TPSA) is 264 Å². The van der Waals surface area contributed by atoms with Crippen molar-refractivity contribution in [3.8, 4) is 5.75 Å². The number of phenolic OH excluding ortho intramolecular Hbond substituents is 1. The Bertz CT molecular complexity index is 2430. The zero-order chi connectivity index (χ0) is 36.6. The molecule has 1 aliphatic heterocycles. The summed E-state index contributed by atoms with van der Waals surface area (Å²) in [5, 5.41) is 41.6. The van der Waals surface area contributed by atoms with Crippen LogP contribution in [0, 0.1) is 0 Å². The van der Waals surface area contributed by atoms with Crippen LogP contribution in [0.5, 0.6) is 5.75 Å². The number of ether oxygens (including phenoxy) is 1. The number of halogens is 1. The largest absolute Gasteiger partial charge is 1.00 e. The zero-order valence-electron chi connectivity index (χ0n) is 27.5. The number of fused-ring (bicyclic) bond motifs is 1. The van der Waals surface area contributed by atoms with E-state index in [2.05, 4.69) is 19.7 Å². The number of aromatic hydroxyl groups is 1. The van der Waals surface area contributed by atoms with Gasteiger partial charge in [-0.2, -0.15) is 9.42 Å². The molecular weight excluding hydrogens is 788 g/mol. The molecule has 1 aliphatic rings. The summed E-state index contributed by atoms with van der Waals surface area (Å²) in [6.07, 6.45) is 0.880. The first-order chi connectivity index (χ1) is 23.4. The summed E-state index contributed by atoms with van der Waals surface area (Å²) in [7, 11) is -12.8. The molecule has 4 aromatic carbocycles. The number of aromatic carboxylic acids is 2. The van der Waals surface area contributed by atoms with Crippen molar-refractivity contribution in [1.29, 1.82) is 0 Å². The monoisotopic (exact) mass is 811 g/mol. The molecule has 0 amide bonds. The smallest absolute Gasteiger partial charge is 0.545 e. The molecule has 0 bridgehead atoms. The summed E-state index contributed by atoms with van der Waals surface area (Å²) in [4.78, 5) is 21.6. The summed E-state index contributed by atoms with van der Waals surface area (Å²) in [6.45, 7) is 0.222. The van der Waals surface area contributed by atoms with Crippen LogP contribution in [-0.2, 0) is 34.8 Å². The second-order valence-corrected chi connectivity index (χ2v) is 16.3. The number of sulfonamides is 3. The van der Waals surface area contributed by atoms with Gasteiger partial charge in [0.25, 0.3) is 10.0 Å². The van der Waals surface area contributed by atoms with E-state index < -0.39 is 68.7 Å². The van der Waals surface area contributed by atoms with E-state index in [4.69, 9.17) is 16.3 Å². The van der Waals surface area contributed by atoms with Crippen molar-refractivity contribution in [2.24, 2.45) is 10.2 Å². The van der Waals surface area contributed by atoms with Crippen LogP contribution in [0.2, 0.25) is 5.02 Å². The molecule has 52 heavy (non-hydrogen) atoms. The fourth-order valence-corrected chi connectivity index (χ4v) is 8.61. The number of rotatable bonds is 11. The molecule has 0 aliphatic carbocycles. The van der Waals surface area contributed by atoms with Crippen molar-refractivity contribution < 1.29 is 114 Å². The molecule has 5 rings (SSSR count). The summed E-state index contributed by atoms with van der Waals surface area (Å²) >= 11 is 6.18. The predicted molar refractivity (Wildman–Crippen MR) is 175 cm³/mol. The van der Waals surface area contributed by atoms with Gasteiger partial charge in [-0.25, -0.2) is 25.3 Å². The van der Waals surface area contributed by atoms with Gasteiger partial charge in [0.2, 0.25) is 20.0 Å². The van der Waals surface area contributed by atoms with Crippen LogP contribution < -0.4 is 78.8 Å². The Hall–Kier alpha value is -2.86. The molecule has 23 heteroatoms. The number of anilines is 2. The third-order valence-corrected chi connectivity index (χ3v) is 11.5. The maximum atomic E-state index is 13.6. The fourth-order valence-electron chi connectivity index (χ4n) is 4.95. The second kappa shape index (κ2) is 17.1. The standard InChI is InChI=1S/C29H26ClN5O12S3.2Na/c1-48(41,42)34-22-4-2-3-19-26(22)23(15-25(27(19)36)50(45,46)35-9-11-47-12-10-35)32-31-16-6-8-21(30)24(14-16)49(43,44)33-17-5-7-18(28(37)38)20(13-17)29(39)40;;/h2-8,13-15,33-34,36H,9-12H2,1H3,(H,37,38)(H,39,40);;/q;2*+1/p-2. The van der Waals surface area contributed by atoms with E-state index in [0.717, 1.165) is 47.0 Å². The van der Waals surface area contributed by atoms with Crippen LogP contribution in [0.3, 0.4) is 0 Å². The molecule has 264 valence electrons. The number of carboxylic acid groups (broad SMARTS) is 2. The molecular formula is C29H24ClN5Na2O12S3. The summed E-state index contributed by atoms with van der Waals surface area (Å²) in [6, 6.07) is 11.0. The average molecular weight is 812 g/mol. The van der Waals surface area contributed by atoms with Crippen molar-refractivity contribution in [2.45, 2.75) is 9.79 Å². The van der Waals surface area contributed by atoms with E-state index in [0.29, 0.717) is 0 Å². The van der Waals surface area contributed by atoms with Gasteiger partial charge in [-0.3, -0.25) is 9.44 Å². The van der Waals surface area contributed by atoms with Crippen LogP contribution >= 0.6 is 11.6 Å². The Balaban J connectivity index is 0.00000364. The van der Waals surface area contributed by atoms with Crippen LogP contribution in [0.1, 0.15) is 20.7 Å². The number of azo groups is 1. The predicted octanol–water partition coefficient (Wildman–Crippen LogP) is -4.46. The first kappa shape index (κ1) is 43.5. The number of carbonyl (C=O) groups excluding carboxylic acids is 2. The van der Waals surface area contributed by atoms with Crippen molar-refractivity contribution in [1.82, 2.24) is 4.31 Å². The molecule has 0 atom stereocenters. The van der Waals surface area contributed by atoms with Gasteiger partial charge in [0.1, 0.15) is 15.5 Å². The molecule has 0 aromatic heterocycles. The quantitative estimate of drug-likeness (QED) is 0.0957. The van der Waals surface area contributed by atoms with E-state index in [1.54, 1.807) is 0 Å². The number of nitrogens with one attached hydrogen (secondary N) is 2. The van der Waals surface area contributed by atoms with Gasteiger partial charge >= 0.3 is 59.1 Å². The van der Waals surface area contributed by atoms with Crippen molar-refractivity contribution in [3.63, 3.8) is 0 Å². The molecule has 1 fully saturated rings. The molecule has 1 heterocycles. The average Bonchev–Trinajstić information content (AvgIpc) is 3.04. The van der Waals surface area contributed by atoms with Gasteiger partial charge < -0.3 is 29.6 Å². The molecule has 1 saturated heterocycles. The number of phenols is 1. The number of carboxylic acids is 2. The summed E-state index contributed by atoms with van der Waals surface area (Å²) in [5.74, 6) is -4.41. The first-order valence-electron chi connectivity index (χ1n) is 14.0. The van der Waals surface area contributed by atoms with E-state index in [1.165, 1.54) is 24.3 Å². The Morgan fingerprint density at radius 1 is 0.846 bits per heavy atom. The maximum absolute atomic E-state index is 13.6. The molecule has 0 saturated carbocycles. The van der Waals surface area contributed by atoms with Gasteiger partial charge in [-0.1, -0.05) is 29.8 Å². The molecule has 0 spiro atoms. The third kappa shape index (κ3) is 9.62. The maximum Gasteiger partial charge on any atom is 1.00 e. The summed E-state index contributed by atoms with van der Waals surface area (Å²) < 4.78 is 88.9. The molecule has 0 unspecified atom stereocenters.